The number of urea groups is 1. The van der Waals surface area contributed by atoms with Gasteiger partial charge in [-0.15, -0.1) is 0 Å². The van der Waals surface area contributed by atoms with Crippen LogP contribution >= 0.6 is 0 Å². The number of carbonyl (C=O) groups is 2. The molecule has 0 saturated carbocycles. The number of rotatable bonds is 8. The van der Waals surface area contributed by atoms with Crippen LogP contribution in [0, 0.1) is 0 Å². The van der Waals surface area contributed by atoms with Gasteiger partial charge in [0.1, 0.15) is 12.4 Å². The lowest BCUT2D eigenvalue weighted by molar-refractivity contribution is -0.140. The number of benzene rings is 2. The molecule has 2 aromatic carbocycles. The number of nitrogens with one attached hydrogen (secondary N) is 2. The third kappa shape index (κ3) is 4.79. The number of esters is 1. The Balaban J connectivity index is 1.82. The van der Waals surface area contributed by atoms with Gasteiger partial charge in [-0.2, -0.15) is 5.10 Å². The number of carbonyl (C=O) groups excluding carboxylic acids is 2. The van der Waals surface area contributed by atoms with E-state index in [1.54, 1.807) is 18.7 Å². The fourth-order valence-corrected chi connectivity index (χ4v) is 3.78. The first-order chi connectivity index (χ1) is 16.5. The number of aromatic nitrogens is 2. The molecule has 0 bridgehead atoms. The smallest absolute Gasteiger partial charge is 0.338 e. The van der Waals surface area contributed by atoms with Crippen molar-refractivity contribution in [2.75, 3.05) is 27.4 Å². The summed E-state index contributed by atoms with van der Waals surface area (Å²) in [6.45, 7) is 2.04. The molecule has 176 valence electrons. The summed E-state index contributed by atoms with van der Waals surface area (Å²) < 4.78 is 17.4. The van der Waals surface area contributed by atoms with E-state index in [0.717, 1.165) is 11.3 Å². The fourth-order valence-electron chi connectivity index (χ4n) is 3.78. The van der Waals surface area contributed by atoms with E-state index in [9.17, 15) is 9.59 Å². The van der Waals surface area contributed by atoms with Gasteiger partial charge < -0.3 is 24.8 Å². The van der Waals surface area contributed by atoms with Crippen LogP contribution in [0.2, 0.25) is 0 Å². The lowest BCUT2D eigenvalue weighted by Crippen LogP contribution is -2.45. The Morgan fingerprint density at radius 2 is 1.79 bits per heavy atom. The summed E-state index contributed by atoms with van der Waals surface area (Å²) >= 11 is 0. The Morgan fingerprint density at radius 1 is 1.06 bits per heavy atom. The normalized spacial score (nSPS) is 15.5. The van der Waals surface area contributed by atoms with Gasteiger partial charge in [-0.25, -0.2) is 14.3 Å². The fraction of sp³-hybridized carbons (Fsp3) is 0.240. The molecule has 9 nitrogen and oxygen atoms in total. The molecule has 1 atom stereocenters. The Hall–Kier alpha value is -4.11. The van der Waals surface area contributed by atoms with Crippen LogP contribution in [-0.4, -0.2) is 49.2 Å². The standard InChI is InChI=1S/C25H26N4O5/c1-16-21(24(30)34-14-13-32-2)23(27-25(31)26-16)20-15-29(18-7-5-4-6-8-18)28-22(20)17-9-11-19(33-3)12-10-17/h4-12,15,23H,13-14H2,1-3H3,(H2,26,27,31)/t23-/m1/s1. The van der Waals surface area contributed by atoms with Gasteiger partial charge in [0, 0.05) is 30.1 Å². The number of ether oxygens (including phenoxy) is 3. The van der Waals surface area contributed by atoms with E-state index in [0.29, 0.717) is 28.3 Å². The van der Waals surface area contributed by atoms with Crippen molar-refractivity contribution in [2.45, 2.75) is 13.0 Å². The molecule has 2 N–H and O–H groups in total. The van der Waals surface area contributed by atoms with E-state index in [-0.39, 0.29) is 13.2 Å². The van der Waals surface area contributed by atoms with Crippen molar-refractivity contribution in [3.63, 3.8) is 0 Å². The number of nitrogens with zero attached hydrogens (tertiary/aromatic N) is 2. The van der Waals surface area contributed by atoms with E-state index in [4.69, 9.17) is 19.3 Å². The Morgan fingerprint density at radius 3 is 2.47 bits per heavy atom. The lowest BCUT2D eigenvalue weighted by atomic mass is 9.94. The van der Waals surface area contributed by atoms with Crippen LogP contribution in [0.5, 0.6) is 5.75 Å². The van der Waals surface area contributed by atoms with Crippen LogP contribution in [0.25, 0.3) is 16.9 Å². The number of allylic oxidation sites excluding steroid dienone is 1. The van der Waals surface area contributed by atoms with Crippen molar-refractivity contribution >= 4 is 12.0 Å². The zero-order valence-electron chi connectivity index (χ0n) is 19.2. The predicted octanol–water partition coefficient (Wildman–Crippen LogP) is 3.37. The molecule has 0 saturated heterocycles. The third-order valence-corrected chi connectivity index (χ3v) is 5.45. The molecule has 3 aromatic rings. The first-order valence-electron chi connectivity index (χ1n) is 10.8. The number of hydrogen-bond acceptors (Lipinski definition) is 6. The Bertz CT molecular complexity index is 1200. The van der Waals surface area contributed by atoms with Crippen LogP contribution in [-0.2, 0) is 14.3 Å². The quantitative estimate of drug-likeness (QED) is 0.393. The molecule has 0 fully saturated rings. The minimum Gasteiger partial charge on any atom is -0.497 e. The summed E-state index contributed by atoms with van der Waals surface area (Å²) in [6.07, 6.45) is 1.82. The molecule has 0 spiro atoms. The molecule has 2 heterocycles. The molecule has 1 aromatic heterocycles. The average Bonchev–Trinajstić information content (AvgIpc) is 3.30. The molecule has 4 rings (SSSR count). The van der Waals surface area contributed by atoms with E-state index < -0.39 is 18.0 Å². The van der Waals surface area contributed by atoms with E-state index in [1.807, 2.05) is 60.8 Å². The van der Waals surface area contributed by atoms with Gasteiger partial charge in [-0.1, -0.05) is 18.2 Å². The average molecular weight is 463 g/mol. The van der Waals surface area contributed by atoms with Crippen LogP contribution in [0.15, 0.2) is 72.1 Å². The van der Waals surface area contributed by atoms with Crippen molar-refractivity contribution < 1.29 is 23.8 Å². The first kappa shape index (κ1) is 23.1. The number of para-hydroxylation sites is 1. The first-order valence-corrected chi connectivity index (χ1v) is 10.8. The third-order valence-electron chi connectivity index (χ3n) is 5.45. The minimum atomic E-state index is -0.765. The molecule has 2 amide bonds. The molecule has 34 heavy (non-hydrogen) atoms. The number of hydrogen-bond donors (Lipinski definition) is 2. The molecule has 1 aliphatic rings. The van der Waals surface area contributed by atoms with Crippen LogP contribution in [0.3, 0.4) is 0 Å². The summed E-state index contributed by atoms with van der Waals surface area (Å²) in [5, 5.41) is 10.3. The molecule has 1 aliphatic heterocycles. The molecular weight excluding hydrogens is 436 g/mol. The maximum absolute atomic E-state index is 13.0. The molecular formula is C25H26N4O5. The Kier molecular flexibility index (Phi) is 6.93. The van der Waals surface area contributed by atoms with Crippen molar-refractivity contribution in [2.24, 2.45) is 0 Å². The lowest BCUT2D eigenvalue weighted by Gasteiger charge is -2.28. The SMILES string of the molecule is COCCOC(=O)C1=C(C)NC(=O)N[C@@H]1c1cn(-c2ccccc2)nc1-c1ccc(OC)cc1. The van der Waals surface area contributed by atoms with Gasteiger partial charge in [-0.3, -0.25) is 0 Å². The van der Waals surface area contributed by atoms with Gasteiger partial charge >= 0.3 is 12.0 Å². The van der Waals surface area contributed by atoms with Crippen LogP contribution < -0.4 is 15.4 Å². The highest BCUT2D eigenvalue weighted by Crippen LogP contribution is 2.35. The van der Waals surface area contributed by atoms with Crippen molar-refractivity contribution in [1.29, 1.82) is 0 Å². The highest BCUT2D eigenvalue weighted by Gasteiger charge is 2.35. The summed E-state index contributed by atoms with van der Waals surface area (Å²) in [5.74, 6) is 0.168. The highest BCUT2D eigenvalue weighted by atomic mass is 16.6. The van der Waals surface area contributed by atoms with E-state index >= 15 is 0 Å². The van der Waals surface area contributed by atoms with Crippen LogP contribution in [0.4, 0.5) is 4.79 Å². The maximum atomic E-state index is 13.0. The molecule has 0 radical (unpaired) electrons. The Labute approximate surface area is 197 Å². The summed E-state index contributed by atoms with van der Waals surface area (Å²) in [7, 11) is 3.13. The summed E-state index contributed by atoms with van der Waals surface area (Å²) in [4.78, 5) is 25.4. The highest BCUT2D eigenvalue weighted by molar-refractivity contribution is 5.95. The second-order valence-corrected chi connectivity index (χ2v) is 7.64. The summed E-state index contributed by atoms with van der Waals surface area (Å²) in [6, 6.07) is 15.9. The zero-order valence-corrected chi connectivity index (χ0v) is 19.2. The van der Waals surface area contributed by atoms with Gasteiger partial charge in [0.2, 0.25) is 0 Å². The van der Waals surface area contributed by atoms with Gasteiger partial charge in [-0.05, 0) is 43.3 Å². The van der Waals surface area contributed by atoms with Gasteiger partial charge in [0.25, 0.3) is 0 Å². The number of amides is 2. The maximum Gasteiger partial charge on any atom is 0.338 e. The van der Waals surface area contributed by atoms with Crippen molar-refractivity contribution in [3.8, 4) is 22.7 Å². The second-order valence-electron chi connectivity index (χ2n) is 7.64. The van der Waals surface area contributed by atoms with Crippen molar-refractivity contribution in [3.05, 3.63) is 77.6 Å². The largest absolute Gasteiger partial charge is 0.497 e. The number of methoxy groups -OCH3 is 2. The monoisotopic (exact) mass is 462 g/mol. The van der Waals surface area contributed by atoms with Crippen molar-refractivity contribution in [1.82, 2.24) is 20.4 Å². The second kappa shape index (κ2) is 10.2. The van der Waals surface area contributed by atoms with E-state index in [2.05, 4.69) is 10.6 Å². The molecule has 9 heteroatoms. The predicted molar refractivity (Wildman–Crippen MR) is 125 cm³/mol. The van der Waals surface area contributed by atoms with E-state index in [1.165, 1.54) is 7.11 Å². The summed E-state index contributed by atoms with van der Waals surface area (Å²) in [5.41, 5.74) is 3.65. The van der Waals surface area contributed by atoms with Crippen LogP contribution in [0.1, 0.15) is 18.5 Å². The minimum absolute atomic E-state index is 0.0986. The van der Waals surface area contributed by atoms with Gasteiger partial charge in [0.05, 0.1) is 36.7 Å². The topological polar surface area (TPSA) is 104 Å². The molecule has 0 unspecified atom stereocenters. The zero-order chi connectivity index (χ0) is 24.1. The molecule has 0 aliphatic carbocycles. The van der Waals surface area contributed by atoms with Gasteiger partial charge in [0.15, 0.2) is 0 Å².